The highest BCUT2D eigenvalue weighted by Gasteiger charge is 2.19. The van der Waals surface area contributed by atoms with Crippen molar-refractivity contribution in [3.8, 4) is 67.8 Å². The lowest BCUT2D eigenvalue weighted by atomic mass is 9.80. The number of benzene rings is 14. The van der Waals surface area contributed by atoms with Crippen molar-refractivity contribution in [1.82, 2.24) is 29.1 Å². The lowest BCUT2D eigenvalue weighted by molar-refractivity contribution is 0.426. The monoisotopic (exact) mass is 1270 g/mol. The van der Waals surface area contributed by atoms with Crippen LogP contribution >= 0.6 is 15.9 Å². The maximum Gasteiger partial charge on any atom is 0.488 e. The van der Waals surface area contributed by atoms with Gasteiger partial charge in [-0.15, -0.1) is 0 Å². The average Bonchev–Trinajstić information content (AvgIpc) is 1.13. The quantitative estimate of drug-likeness (QED) is 0.116. The van der Waals surface area contributed by atoms with Crippen LogP contribution in [-0.2, 0) is 0 Å². The summed E-state index contributed by atoms with van der Waals surface area (Å²) in [5, 5.41) is 30.2. The van der Waals surface area contributed by atoms with Crippen LogP contribution in [0.1, 0.15) is 0 Å². The molecule has 94 heavy (non-hydrogen) atoms. The second-order valence-electron chi connectivity index (χ2n) is 23.2. The molecule has 8 nitrogen and oxygen atoms in total. The summed E-state index contributed by atoms with van der Waals surface area (Å²) in [7, 11) is -1.44. The second kappa shape index (κ2) is 24.9. The highest BCUT2D eigenvalue weighted by Crippen LogP contribution is 2.38. The first-order valence-corrected chi connectivity index (χ1v) is 32.1. The van der Waals surface area contributed by atoms with Crippen molar-refractivity contribution in [1.29, 1.82) is 0 Å². The molecule has 0 spiro atoms. The van der Waals surface area contributed by atoms with Gasteiger partial charge in [0, 0.05) is 81.2 Å². The maximum absolute atomic E-state index is 9.24. The third-order valence-electron chi connectivity index (χ3n) is 17.6. The Kier molecular flexibility index (Phi) is 15.2. The number of fused-ring (bicyclic) bond motifs is 12. The first-order chi connectivity index (χ1) is 46.4. The van der Waals surface area contributed by atoms with Crippen LogP contribution in [0.5, 0.6) is 0 Å². The van der Waals surface area contributed by atoms with Gasteiger partial charge in [-0.3, -0.25) is 0 Å². The Labute approximate surface area is 550 Å². The van der Waals surface area contributed by atoms with Crippen LogP contribution in [-0.4, -0.2) is 46.2 Å². The number of rotatable bonds is 8. The molecule has 0 bridgehead atoms. The third-order valence-corrected chi connectivity index (χ3v) is 18.1. The van der Waals surface area contributed by atoms with E-state index in [0.717, 1.165) is 110 Å². The number of hydrogen-bond acceptors (Lipinski definition) is 6. The smallest absolute Gasteiger partial charge is 0.423 e. The molecule has 0 unspecified atom stereocenters. The van der Waals surface area contributed by atoms with Crippen molar-refractivity contribution in [2.75, 3.05) is 0 Å². The molecule has 0 radical (unpaired) electrons. The minimum Gasteiger partial charge on any atom is -0.423 e. The standard InChI is InChI=1S/C42H27N3.C24H15BrN2.C18H14BNO2/c1-2-11-31(12-3-1)40-37-27-24-30-10-4-5-13-34(30)41(37)44-42(43-40)32-20-18-28(19-21-32)29-22-25-33(26-23-29)45-38-16-8-6-14-35(38)36-15-7-9-17-39(36)45;25-19-13-10-18(11-14-19)24-26-22(17-7-2-1-3-8-17)21-15-12-16-6-4-5-9-20(16)23(21)27-24;21-19(22)13-9-11-14(12-10-13)20-17-7-3-1-5-15(17)16-6-2-4-8-18(16)20/h1-27H;1-15H;1-12,21-22H. The molecule has 0 saturated carbocycles. The fraction of sp³-hybridized carbons (Fsp3) is 0. The van der Waals surface area contributed by atoms with Gasteiger partial charge in [0.15, 0.2) is 11.6 Å². The largest absolute Gasteiger partial charge is 0.488 e. The topological polar surface area (TPSA) is 102 Å². The molecule has 0 aliphatic heterocycles. The molecule has 4 aromatic heterocycles. The summed E-state index contributed by atoms with van der Waals surface area (Å²) in [5.74, 6) is 1.47. The van der Waals surface area contributed by atoms with Crippen molar-refractivity contribution in [3.63, 3.8) is 0 Å². The molecule has 18 aromatic rings. The summed E-state index contributed by atoms with van der Waals surface area (Å²) < 4.78 is 5.58. The Morgan fingerprint density at radius 3 is 0.968 bits per heavy atom. The van der Waals surface area contributed by atoms with E-state index in [1.165, 1.54) is 48.9 Å². The first-order valence-electron chi connectivity index (χ1n) is 31.3. The average molecular weight is 1270 g/mol. The summed E-state index contributed by atoms with van der Waals surface area (Å²) in [6.45, 7) is 0. The van der Waals surface area contributed by atoms with Gasteiger partial charge < -0.3 is 19.2 Å². The van der Waals surface area contributed by atoms with Gasteiger partial charge in [0.05, 0.1) is 44.5 Å². The predicted molar refractivity (Wildman–Crippen MR) is 394 cm³/mol. The molecule has 10 heteroatoms. The number of aromatic nitrogens is 6. The van der Waals surface area contributed by atoms with Gasteiger partial charge >= 0.3 is 7.12 Å². The van der Waals surface area contributed by atoms with Crippen molar-refractivity contribution in [2.24, 2.45) is 0 Å². The van der Waals surface area contributed by atoms with E-state index in [4.69, 9.17) is 19.9 Å². The minimum absolute atomic E-state index is 0.490. The van der Waals surface area contributed by atoms with E-state index in [1.54, 1.807) is 12.1 Å². The lowest BCUT2D eigenvalue weighted by Crippen LogP contribution is -2.29. The fourth-order valence-electron chi connectivity index (χ4n) is 13.0. The SMILES string of the molecule is Brc1ccc(-c2nc(-c3ccccc3)c3ccc4ccccc4c3n2)cc1.OB(O)c1ccc(-n2c3ccccc3c3ccccc32)cc1.c1ccc(-c2nc(-c3ccc(-c4ccc(-n5c6ccccc6c6ccccc65)cc4)cc3)nc3c2ccc2ccccc23)cc1. The summed E-state index contributed by atoms with van der Waals surface area (Å²) in [6.07, 6.45) is 0. The van der Waals surface area contributed by atoms with Crippen LogP contribution in [0.15, 0.2) is 332 Å². The Balaban J connectivity index is 0.000000121. The number of halogens is 1. The number of para-hydroxylation sites is 4. The Hall–Kier alpha value is -11.7. The molecule has 2 N–H and O–H groups in total. The van der Waals surface area contributed by atoms with Gasteiger partial charge in [0.25, 0.3) is 0 Å². The van der Waals surface area contributed by atoms with Crippen LogP contribution in [0.25, 0.3) is 155 Å². The predicted octanol–water partition coefficient (Wildman–Crippen LogP) is 20.2. The van der Waals surface area contributed by atoms with Crippen molar-refractivity contribution in [2.45, 2.75) is 0 Å². The number of hydrogen-bond donors (Lipinski definition) is 2. The molecule has 18 rings (SSSR count). The molecule has 0 saturated heterocycles. The van der Waals surface area contributed by atoms with E-state index in [-0.39, 0.29) is 0 Å². The van der Waals surface area contributed by atoms with Crippen LogP contribution in [0, 0.1) is 0 Å². The molecule has 0 atom stereocenters. The summed E-state index contributed by atoms with van der Waals surface area (Å²) in [6, 6.07) is 113. The van der Waals surface area contributed by atoms with Crippen molar-refractivity contribution < 1.29 is 10.0 Å². The van der Waals surface area contributed by atoms with Gasteiger partial charge in [-0.2, -0.15) is 0 Å². The molecule has 0 fully saturated rings. The summed E-state index contributed by atoms with van der Waals surface area (Å²) in [4.78, 5) is 20.2. The zero-order valence-corrected chi connectivity index (χ0v) is 52.3. The van der Waals surface area contributed by atoms with E-state index in [2.05, 4.69) is 256 Å². The van der Waals surface area contributed by atoms with E-state index >= 15 is 0 Å². The fourth-order valence-corrected chi connectivity index (χ4v) is 13.3. The summed E-state index contributed by atoms with van der Waals surface area (Å²) in [5.41, 5.74) is 17.7. The second-order valence-corrected chi connectivity index (χ2v) is 24.1. The van der Waals surface area contributed by atoms with Gasteiger partial charge in [-0.05, 0) is 100 Å². The molecule has 444 valence electrons. The van der Waals surface area contributed by atoms with Crippen LogP contribution in [0.3, 0.4) is 0 Å². The molecule has 14 aromatic carbocycles. The number of nitrogens with zero attached hydrogens (tertiary/aromatic N) is 6. The molecule has 0 amide bonds. The molecule has 0 aliphatic rings. The Bertz CT molecular complexity index is 5720. The van der Waals surface area contributed by atoms with E-state index in [9.17, 15) is 10.0 Å². The molecular formula is C84H56BBrN6O2. The van der Waals surface area contributed by atoms with E-state index in [1.807, 2.05) is 84.9 Å². The highest BCUT2D eigenvalue weighted by molar-refractivity contribution is 9.10. The van der Waals surface area contributed by atoms with Gasteiger partial charge in [0.2, 0.25) is 0 Å². The van der Waals surface area contributed by atoms with E-state index < -0.39 is 7.12 Å². The van der Waals surface area contributed by atoms with E-state index in [0.29, 0.717) is 5.46 Å². The van der Waals surface area contributed by atoms with Crippen LogP contribution in [0.2, 0.25) is 0 Å². The minimum atomic E-state index is -1.44. The molecule has 4 heterocycles. The van der Waals surface area contributed by atoms with Crippen molar-refractivity contribution >= 4 is 115 Å². The normalized spacial score (nSPS) is 11.4. The maximum atomic E-state index is 9.24. The van der Waals surface area contributed by atoms with Gasteiger partial charge in [0.1, 0.15) is 0 Å². The van der Waals surface area contributed by atoms with Gasteiger partial charge in [-0.1, -0.05) is 271 Å². The summed E-state index contributed by atoms with van der Waals surface area (Å²) >= 11 is 3.50. The van der Waals surface area contributed by atoms with Crippen molar-refractivity contribution in [3.05, 3.63) is 332 Å². The third kappa shape index (κ3) is 10.8. The van der Waals surface area contributed by atoms with Gasteiger partial charge in [-0.25, -0.2) is 19.9 Å². The zero-order chi connectivity index (χ0) is 63.1. The Morgan fingerprint density at radius 2 is 0.574 bits per heavy atom. The first kappa shape index (κ1) is 57.5. The highest BCUT2D eigenvalue weighted by atomic mass is 79.9. The van der Waals surface area contributed by atoms with Crippen LogP contribution in [0.4, 0.5) is 0 Å². The van der Waals surface area contributed by atoms with Crippen LogP contribution < -0.4 is 5.46 Å². The Morgan fingerprint density at radius 1 is 0.255 bits per heavy atom. The molecular weight excluding hydrogens is 1220 g/mol. The zero-order valence-electron chi connectivity index (χ0n) is 50.7. The lowest BCUT2D eigenvalue weighted by Gasteiger charge is -2.12. The molecule has 0 aliphatic carbocycles.